The molecule has 41 heavy (non-hydrogen) atoms. The Labute approximate surface area is 238 Å². The van der Waals surface area contributed by atoms with E-state index in [1.807, 2.05) is 13.8 Å². The first-order valence-electron chi connectivity index (χ1n) is 14.2. The predicted octanol–water partition coefficient (Wildman–Crippen LogP) is 3.69. The van der Waals surface area contributed by atoms with Crippen molar-refractivity contribution in [2.24, 2.45) is 5.92 Å². The Morgan fingerprint density at radius 2 is 1.95 bits per heavy atom. The minimum absolute atomic E-state index is 0.0408. The third kappa shape index (κ3) is 5.98. The number of ether oxygens (including phenoxy) is 1. The molecule has 2 N–H and O–H groups in total. The van der Waals surface area contributed by atoms with Crippen LogP contribution in [0.3, 0.4) is 0 Å². The molecule has 1 amide bonds. The number of amides is 1. The SMILES string of the molecule is C=CC(=O)N1CCN(c2nc(OCC3CCCN3C)nc3c2C[C@H](C)[C@@H](c2nc(N)ccc2C(F)(F)F)C3)C(C)C1. The van der Waals surface area contributed by atoms with Gasteiger partial charge in [-0.25, -0.2) is 4.98 Å². The van der Waals surface area contributed by atoms with Crippen LogP contribution in [-0.2, 0) is 23.8 Å². The number of alkyl halides is 3. The number of nitrogen functional groups attached to an aromatic ring is 1. The summed E-state index contributed by atoms with van der Waals surface area (Å²) < 4.78 is 48.1. The highest BCUT2D eigenvalue weighted by Gasteiger charge is 2.41. The number of nitrogens with zero attached hydrogens (tertiary/aromatic N) is 6. The van der Waals surface area contributed by atoms with Crippen LogP contribution in [0.15, 0.2) is 24.8 Å². The molecule has 12 heteroatoms. The molecule has 2 aromatic rings. The van der Waals surface area contributed by atoms with Crippen molar-refractivity contribution in [3.05, 3.63) is 47.3 Å². The van der Waals surface area contributed by atoms with Crippen LogP contribution < -0.4 is 15.4 Å². The Morgan fingerprint density at radius 3 is 2.61 bits per heavy atom. The van der Waals surface area contributed by atoms with Crippen LogP contribution in [0.25, 0.3) is 0 Å². The number of hydrogen-bond donors (Lipinski definition) is 1. The molecule has 0 radical (unpaired) electrons. The van der Waals surface area contributed by atoms with E-state index in [4.69, 9.17) is 20.4 Å². The van der Waals surface area contributed by atoms with Gasteiger partial charge >= 0.3 is 12.2 Å². The van der Waals surface area contributed by atoms with Crippen molar-refractivity contribution in [1.29, 1.82) is 0 Å². The molecule has 2 unspecified atom stereocenters. The number of nitrogens with two attached hydrogens (primary N) is 1. The molecule has 4 heterocycles. The lowest BCUT2D eigenvalue weighted by Gasteiger charge is -2.42. The average molecular weight is 574 g/mol. The second-order valence-electron chi connectivity index (χ2n) is 11.5. The molecule has 0 aromatic carbocycles. The first kappa shape index (κ1) is 29.1. The molecule has 2 aliphatic heterocycles. The van der Waals surface area contributed by atoms with Crippen LogP contribution in [0.1, 0.15) is 55.1 Å². The molecule has 9 nitrogen and oxygen atoms in total. The Balaban J connectivity index is 1.51. The van der Waals surface area contributed by atoms with Gasteiger partial charge in [0.15, 0.2) is 0 Å². The fraction of sp³-hybridized carbons (Fsp3) is 0.586. The predicted molar refractivity (Wildman–Crippen MR) is 150 cm³/mol. The molecule has 2 fully saturated rings. The van der Waals surface area contributed by atoms with Crippen LogP contribution in [0.4, 0.5) is 24.8 Å². The molecule has 4 atom stereocenters. The summed E-state index contributed by atoms with van der Waals surface area (Å²) in [7, 11) is 2.06. The van der Waals surface area contributed by atoms with Crippen LogP contribution in [0.5, 0.6) is 6.01 Å². The number of carbonyl (C=O) groups excluding carboxylic acids is 1. The molecule has 0 saturated carbocycles. The standard InChI is InChI=1S/C29H38F3N7O2/c1-5-25(40)38-11-12-39(18(3)15-38)27-21-13-17(2)20(26-22(29(30,31)32)8-9-24(33)35-26)14-23(21)34-28(36-27)41-16-19-7-6-10-37(19)4/h5,8-9,17-20H,1,6-7,10-16H2,2-4H3,(H2,33,35)/t17-,18?,19?,20-/m0/s1. The third-order valence-electron chi connectivity index (χ3n) is 8.74. The largest absolute Gasteiger partial charge is 0.462 e. The Kier molecular flexibility index (Phi) is 8.13. The van der Waals surface area contributed by atoms with Gasteiger partial charge in [-0.3, -0.25) is 4.79 Å². The number of hydrogen-bond acceptors (Lipinski definition) is 8. The van der Waals surface area contributed by atoms with Crippen molar-refractivity contribution in [3.8, 4) is 6.01 Å². The van der Waals surface area contributed by atoms with Crippen LogP contribution in [-0.4, -0.2) is 82.6 Å². The highest BCUT2D eigenvalue weighted by atomic mass is 19.4. The normalized spacial score (nSPS) is 25.2. The second-order valence-corrected chi connectivity index (χ2v) is 11.5. The Bertz CT molecular complexity index is 1300. The van der Waals surface area contributed by atoms with E-state index in [0.717, 1.165) is 36.8 Å². The number of pyridine rings is 1. The fourth-order valence-corrected chi connectivity index (χ4v) is 6.39. The lowest BCUT2D eigenvalue weighted by atomic mass is 9.75. The van der Waals surface area contributed by atoms with Crippen molar-refractivity contribution in [2.45, 2.75) is 63.7 Å². The maximum Gasteiger partial charge on any atom is 0.418 e. The van der Waals surface area contributed by atoms with Gasteiger partial charge in [0, 0.05) is 43.2 Å². The van der Waals surface area contributed by atoms with Gasteiger partial charge in [0.25, 0.3) is 0 Å². The van der Waals surface area contributed by atoms with E-state index in [-0.39, 0.29) is 47.9 Å². The van der Waals surface area contributed by atoms with E-state index in [1.54, 1.807) is 4.90 Å². The molecule has 3 aliphatic rings. The van der Waals surface area contributed by atoms with Crippen LogP contribution >= 0.6 is 0 Å². The number of aromatic nitrogens is 3. The maximum atomic E-state index is 14.0. The molecular weight excluding hydrogens is 535 g/mol. The number of rotatable bonds is 6. The molecule has 2 aromatic heterocycles. The van der Waals surface area contributed by atoms with Gasteiger partial charge < -0.3 is 25.2 Å². The van der Waals surface area contributed by atoms with Gasteiger partial charge in [0.05, 0.1) is 17.0 Å². The van der Waals surface area contributed by atoms with E-state index < -0.39 is 17.7 Å². The van der Waals surface area contributed by atoms with Crippen molar-refractivity contribution >= 4 is 17.5 Å². The van der Waals surface area contributed by atoms with Crippen LogP contribution in [0, 0.1) is 5.92 Å². The third-order valence-corrected chi connectivity index (χ3v) is 8.74. The molecular formula is C29H38F3N7O2. The molecule has 222 valence electrons. The summed E-state index contributed by atoms with van der Waals surface area (Å²) in [5.74, 6) is -0.0287. The fourth-order valence-electron chi connectivity index (χ4n) is 6.39. The minimum Gasteiger partial charge on any atom is -0.462 e. The number of fused-ring (bicyclic) bond motifs is 1. The number of carbonyl (C=O) groups is 1. The van der Waals surface area contributed by atoms with E-state index >= 15 is 0 Å². The molecule has 2 saturated heterocycles. The lowest BCUT2D eigenvalue weighted by Crippen LogP contribution is -2.54. The highest BCUT2D eigenvalue weighted by Crippen LogP contribution is 2.44. The summed E-state index contributed by atoms with van der Waals surface area (Å²) in [4.78, 5) is 32.3. The lowest BCUT2D eigenvalue weighted by molar-refractivity contribution is -0.138. The monoisotopic (exact) mass is 573 g/mol. The maximum absolute atomic E-state index is 14.0. The average Bonchev–Trinajstić information content (AvgIpc) is 3.34. The van der Waals surface area contributed by atoms with Crippen molar-refractivity contribution in [3.63, 3.8) is 0 Å². The second kappa shape index (κ2) is 11.5. The van der Waals surface area contributed by atoms with E-state index in [9.17, 15) is 18.0 Å². The molecule has 0 bridgehead atoms. The smallest absolute Gasteiger partial charge is 0.418 e. The van der Waals surface area contributed by atoms with Gasteiger partial charge in [0.2, 0.25) is 5.91 Å². The van der Waals surface area contributed by atoms with E-state index in [1.165, 1.54) is 12.1 Å². The number of likely N-dealkylation sites (N-methyl/N-ethyl adjacent to an activating group) is 1. The summed E-state index contributed by atoms with van der Waals surface area (Å²) in [6.07, 6.45) is -0.373. The molecule has 0 spiro atoms. The number of likely N-dealkylation sites (tertiary alicyclic amines) is 1. The zero-order valence-corrected chi connectivity index (χ0v) is 23.8. The molecule has 5 rings (SSSR count). The quantitative estimate of drug-likeness (QED) is 0.523. The summed E-state index contributed by atoms with van der Waals surface area (Å²) in [6.45, 7) is 10.6. The first-order valence-corrected chi connectivity index (χ1v) is 14.2. The summed E-state index contributed by atoms with van der Waals surface area (Å²) >= 11 is 0. The Hall–Kier alpha value is -3.41. The first-order chi connectivity index (χ1) is 19.5. The number of halogens is 3. The van der Waals surface area contributed by atoms with Gasteiger partial charge in [-0.2, -0.15) is 23.1 Å². The van der Waals surface area contributed by atoms with E-state index in [2.05, 4.69) is 28.4 Å². The van der Waals surface area contributed by atoms with Crippen molar-refractivity contribution in [1.82, 2.24) is 24.8 Å². The van der Waals surface area contributed by atoms with Crippen molar-refractivity contribution in [2.75, 3.05) is 50.5 Å². The summed E-state index contributed by atoms with van der Waals surface area (Å²) in [5, 5.41) is 0. The zero-order valence-electron chi connectivity index (χ0n) is 23.8. The number of anilines is 2. The van der Waals surface area contributed by atoms with E-state index in [0.29, 0.717) is 38.4 Å². The highest BCUT2D eigenvalue weighted by molar-refractivity contribution is 5.87. The molecule has 1 aliphatic carbocycles. The van der Waals surface area contributed by atoms with Gasteiger partial charge in [-0.05, 0) is 70.3 Å². The summed E-state index contributed by atoms with van der Waals surface area (Å²) in [5.41, 5.74) is 6.63. The van der Waals surface area contributed by atoms with Gasteiger partial charge in [0.1, 0.15) is 18.2 Å². The minimum atomic E-state index is -4.55. The Morgan fingerprint density at radius 1 is 1.17 bits per heavy atom. The van der Waals surface area contributed by atoms with Gasteiger partial charge in [-0.15, -0.1) is 0 Å². The zero-order chi connectivity index (χ0) is 29.5. The van der Waals surface area contributed by atoms with Crippen LogP contribution in [0.2, 0.25) is 0 Å². The topological polar surface area (TPSA) is 101 Å². The summed E-state index contributed by atoms with van der Waals surface area (Å²) in [6, 6.07) is 2.65. The number of piperazine rings is 1. The van der Waals surface area contributed by atoms with Crippen molar-refractivity contribution < 1.29 is 22.7 Å². The van der Waals surface area contributed by atoms with Gasteiger partial charge in [-0.1, -0.05) is 13.5 Å².